The Morgan fingerprint density at radius 2 is 1.67 bits per heavy atom. The molecule has 0 bridgehead atoms. The lowest BCUT2D eigenvalue weighted by Crippen LogP contribution is -2.38. The summed E-state index contributed by atoms with van der Waals surface area (Å²) in [6.45, 7) is 1.41. The van der Waals surface area contributed by atoms with Crippen LogP contribution >= 0.6 is 0 Å². The van der Waals surface area contributed by atoms with Crippen molar-refractivity contribution in [2.24, 2.45) is 11.8 Å². The van der Waals surface area contributed by atoms with Gasteiger partial charge in [-0.05, 0) is 25.3 Å². The first-order valence-corrected chi connectivity index (χ1v) is 8.94. The summed E-state index contributed by atoms with van der Waals surface area (Å²) in [7, 11) is 0. The van der Waals surface area contributed by atoms with Crippen molar-refractivity contribution in [3.8, 4) is 0 Å². The van der Waals surface area contributed by atoms with Crippen molar-refractivity contribution in [1.29, 1.82) is 0 Å². The Kier molecular flexibility index (Phi) is 5.69. The highest BCUT2D eigenvalue weighted by molar-refractivity contribution is 6.07. The van der Waals surface area contributed by atoms with E-state index in [0.717, 1.165) is 16.0 Å². The zero-order chi connectivity index (χ0) is 19.4. The number of likely N-dealkylation sites (tertiary alicyclic amines) is 1. The van der Waals surface area contributed by atoms with Gasteiger partial charge in [-0.25, -0.2) is 0 Å². The molecule has 1 aliphatic heterocycles. The molecule has 27 heavy (non-hydrogen) atoms. The minimum atomic E-state index is -0.770. The number of nitrogens with zero attached hydrogens (tertiary/aromatic N) is 1. The Balaban J connectivity index is 1.43. The van der Waals surface area contributed by atoms with Gasteiger partial charge < -0.3 is 10.1 Å². The van der Waals surface area contributed by atoms with E-state index >= 15 is 0 Å². The van der Waals surface area contributed by atoms with Crippen molar-refractivity contribution in [3.05, 3.63) is 47.5 Å². The van der Waals surface area contributed by atoms with Crippen molar-refractivity contribution in [1.82, 2.24) is 10.2 Å². The van der Waals surface area contributed by atoms with Gasteiger partial charge in [-0.3, -0.25) is 24.1 Å². The van der Waals surface area contributed by atoms with Gasteiger partial charge in [-0.1, -0.05) is 42.0 Å². The minimum absolute atomic E-state index is 0.329. The summed E-state index contributed by atoms with van der Waals surface area (Å²) in [6, 6.07) is 7.69. The summed E-state index contributed by atoms with van der Waals surface area (Å²) in [5.74, 6) is -2.65. The van der Waals surface area contributed by atoms with E-state index in [1.165, 1.54) is 0 Å². The highest BCUT2D eigenvalue weighted by Crippen LogP contribution is 2.34. The SMILES string of the molecule is Cc1ccc(CNC(=O)COC(=O)CN2C(=O)[C@@H]3CC=CC[C@H]3C2=O)cc1. The molecule has 0 spiro atoms. The lowest BCUT2D eigenvalue weighted by Gasteiger charge is -2.14. The van der Waals surface area contributed by atoms with Crippen LogP contribution in [0.4, 0.5) is 0 Å². The van der Waals surface area contributed by atoms with Crippen LogP contribution in [0.3, 0.4) is 0 Å². The number of esters is 1. The summed E-state index contributed by atoms with van der Waals surface area (Å²) in [5.41, 5.74) is 2.06. The number of aryl methyl sites for hydroxylation is 1. The van der Waals surface area contributed by atoms with E-state index in [1.807, 2.05) is 43.3 Å². The quantitative estimate of drug-likeness (QED) is 0.460. The van der Waals surface area contributed by atoms with Crippen molar-refractivity contribution in [2.75, 3.05) is 13.2 Å². The molecule has 0 unspecified atom stereocenters. The Morgan fingerprint density at radius 1 is 1.07 bits per heavy atom. The molecule has 3 amide bonds. The number of fused-ring (bicyclic) bond motifs is 1. The number of imide groups is 1. The maximum absolute atomic E-state index is 12.3. The molecule has 1 aromatic carbocycles. The van der Waals surface area contributed by atoms with E-state index in [4.69, 9.17) is 4.74 Å². The van der Waals surface area contributed by atoms with Crippen LogP contribution in [0.25, 0.3) is 0 Å². The summed E-state index contributed by atoms with van der Waals surface area (Å²) < 4.78 is 4.91. The van der Waals surface area contributed by atoms with Gasteiger partial charge in [0.25, 0.3) is 5.91 Å². The number of nitrogens with one attached hydrogen (secondary N) is 1. The number of benzene rings is 1. The van der Waals surface area contributed by atoms with E-state index < -0.39 is 25.0 Å². The fourth-order valence-electron chi connectivity index (χ4n) is 3.30. The number of rotatable bonds is 6. The Labute approximate surface area is 157 Å². The number of carbonyl (C=O) groups excluding carboxylic acids is 4. The monoisotopic (exact) mass is 370 g/mol. The highest BCUT2D eigenvalue weighted by Gasteiger charge is 2.47. The van der Waals surface area contributed by atoms with Gasteiger partial charge in [0, 0.05) is 6.54 Å². The lowest BCUT2D eigenvalue weighted by molar-refractivity contribution is -0.154. The molecule has 0 aromatic heterocycles. The van der Waals surface area contributed by atoms with E-state index in [-0.39, 0.29) is 23.7 Å². The number of hydrogen-bond donors (Lipinski definition) is 1. The van der Waals surface area contributed by atoms with Crippen LogP contribution in [0.15, 0.2) is 36.4 Å². The summed E-state index contributed by atoms with van der Waals surface area (Å²) in [5, 5.41) is 2.65. The van der Waals surface area contributed by atoms with Crippen LogP contribution in [0, 0.1) is 18.8 Å². The molecule has 1 aliphatic carbocycles. The zero-order valence-electron chi connectivity index (χ0n) is 15.1. The van der Waals surface area contributed by atoms with Gasteiger partial charge in [-0.2, -0.15) is 0 Å². The number of carbonyl (C=O) groups is 4. The molecule has 7 nitrogen and oxygen atoms in total. The predicted octanol–water partition coefficient (Wildman–Crippen LogP) is 1.11. The van der Waals surface area contributed by atoms with Crippen LogP contribution < -0.4 is 5.32 Å². The summed E-state index contributed by atoms with van der Waals surface area (Å²) in [6.07, 6.45) is 4.80. The van der Waals surface area contributed by atoms with E-state index in [9.17, 15) is 19.2 Å². The zero-order valence-corrected chi connectivity index (χ0v) is 15.1. The molecule has 1 heterocycles. The average Bonchev–Trinajstić information content (AvgIpc) is 2.91. The topological polar surface area (TPSA) is 92.8 Å². The molecule has 7 heteroatoms. The van der Waals surface area contributed by atoms with E-state index in [1.54, 1.807) is 0 Å². The van der Waals surface area contributed by atoms with Gasteiger partial charge in [-0.15, -0.1) is 0 Å². The summed E-state index contributed by atoms with van der Waals surface area (Å²) in [4.78, 5) is 49.3. The van der Waals surface area contributed by atoms with Crippen LogP contribution in [0.1, 0.15) is 24.0 Å². The smallest absolute Gasteiger partial charge is 0.326 e. The second-order valence-electron chi connectivity index (χ2n) is 6.84. The predicted molar refractivity (Wildman–Crippen MR) is 96.1 cm³/mol. The molecule has 1 fully saturated rings. The summed E-state index contributed by atoms with van der Waals surface area (Å²) >= 11 is 0. The third-order valence-corrected chi connectivity index (χ3v) is 4.86. The van der Waals surface area contributed by atoms with E-state index in [2.05, 4.69) is 5.32 Å². The first-order valence-electron chi connectivity index (χ1n) is 8.94. The van der Waals surface area contributed by atoms with Gasteiger partial charge in [0.1, 0.15) is 6.54 Å². The fraction of sp³-hybridized carbons (Fsp3) is 0.400. The molecule has 142 valence electrons. The molecule has 2 atom stereocenters. The average molecular weight is 370 g/mol. The number of allylic oxidation sites excluding steroid dienone is 2. The van der Waals surface area contributed by atoms with Crippen LogP contribution in [-0.4, -0.2) is 41.7 Å². The Bertz CT molecular complexity index is 758. The number of ether oxygens (including phenoxy) is 1. The number of hydrogen-bond acceptors (Lipinski definition) is 5. The normalized spacial score (nSPS) is 21.1. The van der Waals surface area contributed by atoms with Crippen LogP contribution in [0.5, 0.6) is 0 Å². The van der Waals surface area contributed by atoms with E-state index in [0.29, 0.717) is 19.4 Å². The molecule has 1 N–H and O–H groups in total. The molecule has 1 aromatic rings. The molecule has 3 rings (SSSR count). The maximum atomic E-state index is 12.3. The lowest BCUT2D eigenvalue weighted by atomic mass is 9.85. The van der Waals surface area contributed by atoms with Crippen molar-refractivity contribution < 1.29 is 23.9 Å². The van der Waals surface area contributed by atoms with Crippen molar-refractivity contribution >= 4 is 23.7 Å². The Hall–Kier alpha value is -2.96. The molecule has 1 saturated heterocycles. The fourth-order valence-corrected chi connectivity index (χ4v) is 3.30. The maximum Gasteiger partial charge on any atom is 0.326 e. The molecule has 0 radical (unpaired) electrons. The third kappa shape index (κ3) is 4.42. The first kappa shape index (κ1) is 18.8. The second-order valence-corrected chi connectivity index (χ2v) is 6.84. The third-order valence-electron chi connectivity index (χ3n) is 4.86. The second kappa shape index (κ2) is 8.16. The molecular weight excluding hydrogens is 348 g/mol. The van der Waals surface area contributed by atoms with Crippen molar-refractivity contribution in [2.45, 2.75) is 26.3 Å². The van der Waals surface area contributed by atoms with Gasteiger partial charge in [0.15, 0.2) is 6.61 Å². The molecule has 2 aliphatic rings. The van der Waals surface area contributed by atoms with Gasteiger partial charge in [0.2, 0.25) is 11.8 Å². The standard InChI is InChI=1S/C20H22N2O5/c1-13-6-8-14(9-7-13)10-21-17(23)12-27-18(24)11-22-19(25)15-4-2-3-5-16(15)20(22)26/h2-3,6-9,15-16H,4-5,10-12H2,1H3,(H,21,23)/t15-,16-/m1/s1. The van der Waals surface area contributed by atoms with Gasteiger partial charge >= 0.3 is 5.97 Å². The minimum Gasteiger partial charge on any atom is -0.454 e. The Morgan fingerprint density at radius 3 is 2.26 bits per heavy atom. The van der Waals surface area contributed by atoms with Gasteiger partial charge in [0.05, 0.1) is 11.8 Å². The van der Waals surface area contributed by atoms with Crippen LogP contribution in [-0.2, 0) is 30.5 Å². The highest BCUT2D eigenvalue weighted by atomic mass is 16.5. The molecular formula is C20H22N2O5. The van der Waals surface area contributed by atoms with Crippen LogP contribution in [0.2, 0.25) is 0 Å². The largest absolute Gasteiger partial charge is 0.454 e. The van der Waals surface area contributed by atoms with Crippen molar-refractivity contribution in [3.63, 3.8) is 0 Å². The molecule has 0 saturated carbocycles. The first-order chi connectivity index (χ1) is 13.0. The number of amides is 3.